The molecule has 5 aromatic carbocycles. The molecule has 6 heteroatoms. The molecule has 0 unspecified atom stereocenters. The first-order valence-electron chi connectivity index (χ1n) is 13.0. The lowest BCUT2D eigenvalue weighted by Crippen LogP contribution is -2.18. The molecule has 0 spiro atoms. The van der Waals surface area contributed by atoms with Crippen LogP contribution in [0.4, 0.5) is 17.1 Å². The second-order valence-electron chi connectivity index (χ2n) is 9.79. The molecule has 6 nitrogen and oxygen atoms in total. The molecule has 4 heterocycles. The van der Waals surface area contributed by atoms with Gasteiger partial charge in [-0.2, -0.15) is 0 Å². The van der Waals surface area contributed by atoms with Gasteiger partial charge < -0.3 is 4.90 Å². The van der Waals surface area contributed by atoms with E-state index in [1.54, 1.807) is 0 Å². The van der Waals surface area contributed by atoms with Crippen LogP contribution in [0.15, 0.2) is 121 Å². The van der Waals surface area contributed by atoms with Crippen LogP contribution in [-0.4, -0.2) is 23.9 Å². The quantitative estimate of drug-likeness (QED) is 0.243. The molecule has 39 heavy (non-hydrogen) atoms. The molecule has 9 rings (SSSR count). The van der Waals surface area contributed by atoms with E-state index < -0.39 is 0 Å². The molecule has 0 aliphatic carbocycles. The van der Waals surface area contributed by atoms with E-state index in [4.69, 9.17) is 15.0 Å². The summed E-state index contributed by atoms with van der Waals surface area (Å²) in [6, 6.07) is 41.8. The lowest BCUT2D eigenvalue weighted by Gasteiger charge is -2.32. The highest BCUT2D eigenvalue weighted by Gasteiger charge is 2.30. The Kier molecular flexibility index (Phi) is 3.96. The molecule has 0 atom stereocenters. The summed E-state index contributed by atoms with van der Waals surface area (Å²) in [5.74, 6) is 1.55. The molecule has 0 N–H and O–H groups in total. The predicted octanol–water partition coefficient (Wildman–Crippen LogP) is 7.82. The van der Waals surface area contributed by atoms with E-state index in [-0.39, 0.29) is 0 Å². The highest BCUT2D eigenvalue weighted by molar-refractivity contribution is 6.04. The van der Waals surface area contributed by atoms with Crippen LogP contribution in [0.3, 0.4) is 0 Å². The molecule has 182 valence electrons. The van der Waals surface area contributed by atoms with Crippen LogP contribution in [0.5, 0.6) is 0 Å². The zero-order chi connectivity index (χ0) is 25.5. The topological polar surface area (TPSA) is 51.2 Å². The molecule has 0 fully saturated rings. The van der Waals surface area contributed by atoms with Crippen molar-refractivity contribution in [1.29, 1.82) is 0 Å². The monoisotopic (exact) mass is 500 g/mol. The van der Waals surface area contributed by atoms with Gasteiger partial charge in [-0.3, -0.25) is 8.97 Å². The summed E-state index contributed by atoms with van der Waals surface area (Å²) < 4.78 is 4.43. The largest absolute Gasteiger partial charge is 0.306 e. The van der Waals surface area contributed by atoms with Crippen molar-refractivity contribution < 1.29 is 0 Å². The Morgan fingerprint density at radius 2 is 1.13 bits per heavy atom. The van der Waals surface area contributed by atoms with Crippen LogP contribution in [0.25, 0.3) is 56.0 Å². The maximum Gasteiger partial charge on any atom is 0.183 e. The Labute approximate surface area is 223 Å². The van der Waals surface area contributed by atoms with Gasteiger partial charge in [0.15, 0.2) is 11.6 Å². The molecule has 0 amide bonds. The Bertz CT molecular complexity index is 2240. The minimum atomic E-state index is 0.766. The minimum absolute atomic E-state index is 0.766. The fourth-order valence-electron chi connectivity index (χ4n) is 6.00. The van der Waals surface area contributed by atoms with Gasteiger partial charge in [-0.15, -0.1) is 0 Å². The number of anilines is 3. The van der Waals surface area contributed by atoms with Crippen molar-refractivity contribution in [3.05, 3.63) is 121 Å². The van der Waals surface area contributed by atoms with Crippen molar-refractivity contribution in [3.8, 4) is 17.3 Å². The van der Waals surface area contributed by atoms with Crippen LogP contribution in [-0.2, 0) is 0 Å². The standard InChI is InChI=1S/C33H20N6/c1-2-11-21(12-3-1)37-27-18-8-9-19-28(27)38-30-25(16-10-20-29(30)37)36-32(38)33-34-23-14-5-4-13-22(23)31-35-24-15-6-7-17-26(24)39(31)33/h1-20H. The van der Waals surface area contributed by atoms with E-state index in [0.717, 1.165) is 73.0 Å². The SMILES string of the molecule is c1ccc(N2c3ccccc3-n3c(-c4nc5ccccc5c5nc6ccccc6n45)nc4cccc2c43)cc1. The number of fused-ring (bicyclic) bond motifs is 7. The second kappa shape index (κ2) is 7.52. The molecule has 0 radical (unpaired) electrons. The third-order valence-electron chi connectivity index (χ3n) is 7.62. The van der Waals surface area contributed by atoms with Gasteiger partial charge in [-0.05, 0) is 60.7 Å². The van der Waals surface area contributed by atoms with Crippen LogP contribution < -0.4 is 4.90 Å². The summed E-state index contributed by atoms with van der Waals surface area (Å²) in [4.78, 5) is 17.8. The van der Waals surface area contributed by atoms with E-state index in [1.165, 1.54) is 0 Å². The third-order valence-corrected chi connectivity index (χ3v) is 7.62. The van der Waals surface area contributed by atoms with Crippen molar-refractivity contribution in [2.45, 2.75) is 0 Å². The van der Waals surface area contributed by atoms with Crippen LogP contribution in [0, 0.1) is 0 Å². The van der Waals surface area contributed by atoms with Crippen molar-refractivity contribution in [2.24, 2.45) is 0 Å². The average Bonchev–Trinajstić information content (AvgIpc) is 3.58. The number of imidazole rings is 2. The van der Waals surface area contributed by atoms with Gasteiger partial charge in [0.05, 0.1) is 44.6 Å². The summed E-state index contributed by atoms with van der Waals surface area (Å²) in [6.45, 7) is 0. The summed E-state index contributed by atoms with van der Waals surface area (Å²) in [5.41, 5.74) is 10.0. The van der Waals surface area contributed by atoms with Gasteiger partial charge in [0.1, 0.15) is 5.65 Å². The van der Waals surface area contributed by atoms with Crippen molar-refractivity contribution >= 4 is 55.7 Å². The van der Waals surface area contributed by atoms with Gasteiger partial charge in [-0.25, -0.2) is 15.0 Å². The Morgan fingerprint density at radius 3 is 2.03 bits per heavy atom. The van der Waals surface area contributed by atoms with Crippen LogP contribution in [0.2, 0.25) is 0 Å². The van der Waals surface area contributed by atoms with Gasteiger partial charge in [0, 0.05) is 11.1 Å². The smallest absolute Gasteiger partial charge is 0.183 e. The van der Waals surface area contributed by atoms with E-state index in [9.17, 15) is 0 Å². The summed E-state index contributed by atoms with van der Waals surface area (Å²) in [6.07, 6.45) is 0. The number of nitrogens with zero attached hydrogens (tertiary/aromatic N) is 6. The van der Waals surface area contributed by atoms with Gasteiger partial charge >= 0.3 is 0 Å². The number of rotatable bonds is 2. The maximum absolute atomic E-state index is 5.25. The molecule has 0 bridgehead atoms. The van der Waals surface area contributed by atoms with Gasteiger partial charge in [-0.1, -0.05) is 60.7 Å². The van der Waals surface area contributed by atoms with E-state index in [0.29, 0.717) is 0 Å². The van der Waals surface area contributed by atoms with E-state index in [1.807, 2.05) is 36.4 Å². The lowest BCUT2D eigenvalue weighted by molar-refractivity contribution is 1.02. The summed E-state index contributed by atoms with van der Waals surface area (Å²) in [7, 11) is 0. The first-order valence-corrected chi connectivity index (χ1v) is 13.0. The number of para-hydroxylation sites is 7. The Hall–Kier alpha value is -5.49. The molecule has 1 aliphatic heterocycles. The lowest BCUT2D eigenvalue weighted by atomic mass is 10.1. The van der Waals surface area contributed by atoms with E-state index >= 15 is 0 Å². The highest BCUT2D eigenvalue weighted by atomic mass is 15.3. The molecule has 0 saturated carbocycles. The number of hydrogen-bond donors (Lipinski definition) is 0. The molecule has 8 aromatic rings. The molecule has 1 aliphatic rings. The fraction of sp³-hybridized carbons (Fsp3) is 0. The van der Waals surface area contributed by atoms with Crippen LogP contribution in [0.1, 0.15) is 0 Å². The Balaban J connectivity index is 1.46. The maximum atomic E-state index is 5.25. The fourth-order valence-corrected chi connectivity index (χ4v) is 6.00. The molecular formula is C33H20N6. The molecular weight excluding hydrogens is 480 g/mol. The number of aromatic nitrogens is 5. The first kappa shape index (κ1) is 20.6. The normalized spacial score (nSPS) is 12.6. The summed E-state index contributed by atoms with van der Waals surface area (Å²) >= 11 is 0. The second-order valence-corrected chi connectivity index (χ2v) is 9.79. The van der Waals surface area contributed by atoms with Crippen molar-refractivity contribution in [2.75, 3.05) is 4.90 Å². The van der Waals surface area contributed by atoms with Gasteiger partial charge in [0.25, 0.3) is 0 Å². The third kappa shape index (κ3) is 2.72. The minimum Gasteiger partial charge on any atom is -0.306 e. The molecule has 3 aromatic heterocycles. The molecule has 0 saturated heterocycles. The first-order chi connectivity index (χ1) is 19.4. The van der Waals surface area contributed by atoms with Crippen molar-refractivity contribution in [3.63, 3.8) is 0 Å². The summed E-state index contributed by atoms with van der Waals surface area (Å²) in [5, 5.41) is 1.02. The van der Waals surface area contributed by atoms with Crippen molar-refractivity contribution in [1.82, 2.24) is 23.9 Å². The number of hydrogen-bond acceptors (Lipinski definition) is 4. The van der Waals surface area contributed by atoms with Crippen LogP contribution >= 0.6 is 0 Å². The Morgan fingerprint density at radius 1 is 0.462 bits per heavy atom. The van der Waals surface area contributed by atoms with Gasteiger partial charge in [0.2, 0.25) is 0 Å². The highest BCUT2D eigenvalue weighted by Crippen LogP contribution is 2.48. The van der Waals surface area contributed by atoms with E-state index in [2.05, 4.69) is 98.8 Å². The number of benzene rings is 5. The average molecular weight is 501 g/mol. The zero-order valence-electron chi connectivity index (χ0n) is 20.7. The predicted molar refractivity (Wildman–Crippen MR) is 156 cm³/mol. The zero-order valence-corrected chi connectivity index (χ0v) is 20.7.